The van der Waals surface area contributed by atoms with Gasteiger partial charge in [0.1, 0.15) is 10.7 Å². The molecular formula is C21H14ClFN2O3S. The van der Waals surface area contributed by atoms with E-state index in [4.69, 9.17) is 15.8 Å². The molecule has 8 heteroatoms. The second kappa shape index (κ2) is 7.69. The van der Waals surface area contributed by atoms with Crippen molar-refractivity contribution < 1.29 is 17.0 Å². The molecule has 0 fully saturated rings. The van der Waals surface area contributed by atoms with Crippen LogP contribution < -0.4 is 4.18 Å². The van der Waals surface area contributed by atoms with Gasteiger partial charge in [0.2, 0.25) is 5.88 Å². The van der Waals surface area contributed by atoms with E-state index in [0.717, 1.165) is 29.8 Å². The third-order valence-electron chi connectivity index (χ3n) is 4.12. The second-order valence-electron chi connectivity index (χ2n) is 6.09. The number of para-hydroxylation sites is 1. The van der Waals surface area contributed by atoms with Gasteiger partial charge in [-0.15, -0.1) is 0 Å². The van der Waals surface area contributed by atoms with Gasteiger partial charge in [0.15, 0.2) is 0 Å². The van der Waals surface area contributed by atoms with E-state index in [-0.39, 0.29) is 10.8 Å². The highest BCUT2D eigenvalue weighted by atomic mass is 35.5. The van der Waals surface area contributed by atoms with Crippen molar-refractivity contribution in [1.29, 1.82) is 0 Å². The van der Waals surface area contributed by atoms with Crippen LogP contribution in [0.5, 0.6) is 5.88 Å². The Hall–Kier alpha value is -3.16. The monoisotopic (exact) mass is 428 g/mol. The molecule has 0 saturated carbocycles. The van der Waals surface area contributed by atoms with Gasteiger partial charge in [-0.2, -0.15) is 18.2 Å². The minimum absolute atomic E-state index is 0.0405. The summed E-state index contributed by atoms with van der Waals surface area (Å²) in [6.45, 7) is 0. The van der Waals surface area contributed by atoms with Crippen molar-refractivity contribution in [1.82, 2.24) is 9.78 Å². The standard InChI is InChI=1S/C21H14ClFN2O3S/c22-18-8-4-5-9-20(18)25-21(14-19(24-25)15-6-2-1-3-7-15)28-29(26,27)17-12-10-16(23)11-13-17/h1-14H. The Morgan fingerprint density at radius 3 is 2.24 bits per heavy atom. The first kappa shape index (κ1) is 19.2. The van der Waals surface area contributed by atoms with Crippen LogP contribution in [-0.2, 0) is 10.1 Å². The maximum atomic E-state index is 13.2. The summed E-state index contributed by atoms with van der Waals surface area (Å²) in [6.07, 6.45) is 0. The van der Waals surface area contributed by atoms with Crippen molar-refractivity contribution in [3.05, 3.63) is 95.8 Å². The first-order valence-electron chi connectivity index (χ1n) is 8.54. The molecule has 3 aromatic carbocycles. The van der Waals surface area contributed by atoms with E-state index in [2.05, 4.69) is 5.10 Å². The lowest BCUT2D eigenvalue weighted by molar-refractivity contribution is 0.465. The molecule has 4 rings (SSSR count). The Morgan fingerprint density at radius 1 is 0.897 bits per heavy atom. The average molecular weight is 429 g/mol. The van der Waals surface area contributed by atoms with Crippen molar-refractivity contribution in [2.45, 2.75) is 4.90 Å². The lowest BCUT2D eigenvalue weighted by Gasteiger charge is -2.10. The molecule has 0 amide bonds. The highest BCUT2D eigenvalue weighted by Gasteiger charge is 2.22. The normalized spacial score (nSPS) is 11.4. The number of benzene rings is 3. The summed E-state index contributed by atoms with van der Waals surface area (Å²) in [4.78, 5) is -0.174. The van der Waals surface area contributed by atoms with Crippen LogP contribution in [0.2, 0.25) is 5.02 Å². The topological polar surface area (TPSA) is 61.2 Å². The summed E-state index contributed by atoms with van der Waals surface area (Å²) in [5.74, 6) is -0.585. The molecule has 0 saturated heterocycles. The molecule has 0 bridgehead atoms. The smallest absolute Gasteiger partial charge is 0.340 e. The molecule has 4 aromatic rings. The Morgan fingerprint density at radius 2 is 1.55 bits per heavy atom. The molecule has 0 N–H and O–H groups in total. The van der Waals surface area contributed by atoms with Gasteiger partial charge in [0, 0.05) is 11.6 Å². The molecule has 0 aliphatic carbocycles. The fraction of sp³-hybridized carbons (Fsp3) is 0. The minimum atomic E-state index is -4.21. The highest BCUT2D eigenvalue weighted by molar-refractivity contribution is 7.87. The minimum Gasteiger partial charge on any atom is -0.358 e. The molecule has 1 heterocycles. The summed E-state index contributed by atoms with van der Waals surface area (Å²) in [7, 11) is -4.21. The first-order chi connectivity index (χ1) is 13.9. The number of aromatic nitrogens is 2. The van der Waals surface area contributed by atoms with E-state index < -0.39 is 15.9 Å². The zero-order valence-corrected chi connectivity index (χ0v) is 16.4. The SMILES string of the molecule is O=S(=O)(Oc1cc(-c2ccccc2)nn1-c1ccccc1Cl)c1ccc(F)cc1. The maximum absolute atomic E-state index is 13.2. The van der Waals surface area contributed by atoms with Crippen molar-refractivity contribution in [2.75, 3.05) is 0 Å². The third-order valence-corrected chi connectivity index (χ3v) is 5.68. The Labute approximate surface area is 172 Å². The number of nitrogens with zero attached hydrogens (tertiary/aromatic N) is 2. The van der Waals surface area contributed by atoms with Crippen LogP contribution in [0.1, 0.15) is 0 Å². The third kappa shape index (κ3) is 4.01. The zero-order valence-electron chi connectivity index (χ0n) is 14.9. The summed E-state index contributed by atoms with van der Waals surface area (Å²) in [5, 5.41) is 4.86. The molecule has 0 radical (unpaired) electrons. The second-order valence-corrected chi connectivity index (χ2v) is 8.04. The Balaban J connectivity index is 1.82. The summed E-state index contributed by atoms with van der Waals surface area (Å²) in [5.41, 5.74) is 1.75. The summed E-state index contributed by atoms with van der Waals surface area (Å²) in [6, 6.07) is 22.0. The molecule has 5 nitrogen and oxygen atoms in total. The van der Waals surface area contributed by atoms with Crippen LogP contribution in [0.25, 0.3) is 16.9 Å². The maximum Gasteiger partial charge on any atom is 0.340 e. The van der Waals surface area contributed by atoms with Crippen LogP contribution in [0, 0.1) is 5.82 Å². The van der Waals surface area contributed by atoms with Gasteiger partial charge in [-0.3, -0.25) is 0 Å². The summed E-state index contributed by atoms with van der Waals surface area (Å²) < 4.78 is 45.3. The van der Waals surface area contributed by atoms with Crippen LogP contribution in [0.4, 0.5) is 4.39 Å². The van der Waals surface area contributed by atoms with Gasteiger partial charge in [-0.25, -0.2) is 4.39 Å². The van der Waals surface area contributed by atoms with E-state index in [1.165, 1.54) is 10.7 Å². The highest BCUT2D eigenvalue weighted by Crippen LogP contribution is 2.31. The van der Waals surface area contributed by atoms with Crippen molar-refractivity contribution >= 4 is 21.7 Å². The molecule has 29 heavy (non-hydrogen) atoms. The van der Waals surface area contributed by atoms with Crippen molar-refractivity contribution in [3.8, 4) is 22.8 Å². The number of rotatable bonds is 5. The molecule has 0 aliphatic heterocycles. The fourth-order valence-electron chi connectivity index (χ4n) is 2.73. The number of halogens is 2. The Kier molecular flexibility index (Phi) is 5.08. The molecule has 0 aliphatic rings. The molecule has 0 unspecified atom stereocenters. The van der Waals surface area contributed by atoms with E-state index >= 15 is 0 Å². The molecular weight excluding hydrogens is 415 g/mol. The van der Waals surface area contributed by atoms with Gasteiger partial charge in [-0.1, -0.05) is 54.1 Å². The molecule has 1 aromatic heterocycles. The van der Waals surface area contributed by atoms with Gasteiger partial charge >= 0.3 is 10.1 Å². The van der Waals surface area contributed by atoms with Gasteiger partial charge < -0.3 is 4.18 Å². The van der Waals surface area contributed by atoms with Crippen molar-refractivity contribution in [3.63, 3.8) is 0 Å². The van der Waals surface area contributed by atoms with Gasteiger partial charge in [0.05, 0.1) is 16.4 Å². The summed E-state index contributed by atoms with van der Waals surface area (Å²) >= 11 is 6.28. The van der Waals surface area contributed by atoms with E-state index in [1.807, 2.05) is 30.3 Å². The number of hydrogen-bond donors (Lipinski definition) is 0. The Bertz CT molecular complexity index is 1260. The first-order valence-corrected chi connectivity index (χ1v) is 10.3. The molecule has 0 spiro atoms. The van der Waals surface area contributed by atoms with E-state index in [0.29, 0.717) is 16.4 Å². The predicted molar refractivity (Wildman–Crippen MR) is 108 cm³/mol. The van der Waals surface area contributed by atoms with E-state index in [1.54, 1.807) is 24.3 Å². The van der Waals surface area contributed by atoms with Crippen LogP contribution in [-0.4, -0.2) is 18.2 Å². The lowest BCUT2D eigenvalue weighted by Crippen LogP contribution is -2.12. The van der Waals surface area contributed by atoms with Crippen molar-refractivity contribution in [2.24, 2.45) is 0 Å². The van der Waals surface area contributed by atoms with Crippen LogP contribution >= 0.6 is 11.6 Å². The molecule has 146 valence electrons. The van der Waals surface area contributed by atoms with Crippen LogP contribution in [0.3, 0.4) is 0 Å². The quantitative estimate of drug-likeness (QED) is 0.415. The van der Waals surface area contributed by atoms with Gasteiger partial charge in [-0.05, 0) is 36.4 Å². The fourth-order valence-corrected chi connectivity index (χ4v) is 3.86. The predicted octanol–water partition coefficient (Wildman–Crippen LogP) is 5.10. The van der Waals surface area contributed by atoms with Crippen LogP contribution in [0.15, 0.2) is 89.8 Å². The van der Waals surface area contributed by atoms with E-state index in [9.17, 15) is 12.8 Å². The average Bonchev–Trinajstić information content (AvgIpc) is 3.12. The lowest BCUT2D eigenvalue weighted by atomic mass is 10.2. The number of hydrogen-bond acceptors (Lipinski definition) is 4. The molecule has 0 atom stereocenters. The zero-order chi connectivity index (χ0) is 20.4. The van der Waals surface area contributed by atoms with Gasteiger partial charge in [0.25, 0.3) is 0 Å². The largest absolute Gasteiger partial charge is 0.358 e.